The summed E-state index contributed by atoms with van der Waals surface area (Å²) in [6.07, 6.45) is 0. The maximum Gasteiger partial charge on any atom is 0.264 e. The van der Waals surface area contributed by atoms with Crippen LogP contribution in [0.2, 0.25) is 5.02 Å². The zero-order chi connectivity index (χ0) is 20.4. The second-order valence-corrected chi connectivity index (χ2v) is 9.82. The molecule has 5 nitrogen and oxygen atoms in total. The van der Waals surface area contributed by atoms with Crippen molar-refractivity contribution in [2.45, 2.75) is 9.79 Å². The smallest absolute Gasteiger partial charge is 0.264 e. The summed E-state index contributed by atoms with van der Waals surface area (Å²) in [5.41, 5.74) is 1.57. The van der Waals surface area contributed by atoms with Crippen LogP contribution in [0.3, 0.4) is 0 Å². The second kappa shape index (κ2) is 8.10. The zero-order valence-corrected chi connectivity index (χ0v) is 17.6. The van der Waals surface area contributed by atoms with E-state index in [-0.39, 0.29) is 10.8 Å². The molecule has 0 aromatic heterocycles. The number of thioether (sulfide) groups is 1. The number of benzene rings is 3. The quantitative estimate of drug-likeness (QED) is 0.622. The SMILES string of the molecule is O=C(Nc1ccccc1)c1ccc2c(c1)N(S(=O)(=O)c1cccc(Cl)c1)CCS2. The first-order valence-electron chi connectivity index (χ1n) is 8.87. The van der Waals surface area contributed by atoms with Gasteiger partial charge in [0.2, 0.25) is 0 Å². The van der Waals surface area contributed by atoms with Gasteiger partial charge in [0.15, 0.2) is 0 Å². The number of nitrogens with one attached hydrogen (secondary N) is 1. The lowest BCUT2D eigenvalue weighted by atomic mass is 10.1. The molecule has 3 aromatic carbocycles. The van der Waals surface area contributed by atoms with Crippen molar-refractivity contribution in [2.75, 3.05) is 21.9 Å². The molecule has 1 aliphatic heterocycles. The standard InChI is InChI=1S/C21H17ClN2O3S2/c22-16-5-4-8-18(14-16)29(26,27)24-11-12-28-20-10-9-15(13-19(20)24)21(25)23-17-6-2-1-3-7-17/h1-10,13-14H,11-12H2,(H,23,25). The Bertz CT molecular complexity index is 1170. The summed E-state index contributed by atoms with van der Waals surface area (Å²) in [7, 11) is -3.80. The highest BCUT2D eigenvalue weighted by molar-refractivity contribution is 8.00. The molecule has 0 unspecified atom stereocenters. The van der Waals surface area contributed by atoms with Crippen LogP contribution in [0.15, 0.2) is 82.6 Å². The van der Waals surface area contributed by atoms with Gasteiger partial charge >= 0.3 is 0 Å². The predicted octanol–water partition coefficient (Wildman–Crippen LogP) is 4.89. The summed E-state index contributed by atoms with van der Waals surface area (Å²) in [6, 6.07) is 20.4. The molecule has 0 saturated heterocycles. The molecule has 1 amide bonds. The molecule has 4 rings (SSSR count). The van der Waals surface area contributed by atoms with Crippen molar-refractivity contribution in [1.82, 2.24) is 0 Å². The molecule has 148 valence electrons. The third kappa shape index (κ3) is 4.12. The van der Waals surface area contributed by atoms with Crippen molar-refractivity contribution < 1.29 is 13.2 Å². The van der Waals surface area contributed by atoms with Gasteiger partial charge in [-0.2, -0.15) is 0 Å². The Morgan fingerprint density at radius 3 is 2.55 bits per heavy atom. The lowest BCUT2D eigenvalue weighted by Crippen LogP contribution is -2.35. The monoisotopic (exact) mass is 444 g/mol. The molecule has 1 N–H and O–H groups in total. The highest BCUT2D eigenvalue weighted by atomic mass is 35.5. The van der Waals surface area contributed by atoms with E-state index in [0.717, 1.165) is 4.90 Å². The van der Waals surface area contributed by atoms with E-state index in [2.05, 4.69) is 5.32 Å². The summed E-state index contributed by atoms with van der Waals surface area (Å²) < 4.78 is 27.8. The van der Waals surface area contributed by atoms with Crippen LogP contribution in [-0.2, 0) is 10.0 Å². The van der Waals surface area contributed by atoms with E-state index >= 15 is 0 Å². The molecule has 0 saturated carbocycles. The number of hydrogen-bond acceptors (Lipinski definition) is 4. The minimum absolute atomic E-state index is 0.127. The Kier molecular flexibility index (Phi) is 5.54. The first kappa shape index (κ1) is 19.8. The highest BCUT2D eigenvalue weighted by Gasteiger charge is 2.30. The fourth-order valence-electron chi connectivity index (χ4n) is 3.06. The van der Waals surface area contributed by atoms with Gasteiger partial charge in [-0.1, -0.05) is 35.9 Å². The van der Waals surface area contributed by atoms with Gasteiger partial charge in [0, 0.05) is 33.5 Å². The molecule has 0 radical (unpaired) electrons. The molecule has 0 bridgehead atoms. The van der Waals surface area contributed by atoms with Crippen LogP contribution in [0.4, 0.5) is 11.4 Å². The van der Waals surface area contributed by atoms with E-state index in [1.165, 1.54) is 16.4 Å². The molecular weight excluding hydrogens is 428 g/mol. The number of halogens is 1. The fraction of sp³-hybridized carbons (Fsp3) is 0.0952. The van der Waals surface area contributed by atoms with Crippen molar-refractivity contribution in [3.8, 4) is 0 Å². The molecule has 3 aromatic rings. The van der Waals surface area contributed by atoms with Crippen molar-refractivity contribution >= 4 is 50.7 Å². The van der Waals surface area contributed by atoms with Crippen molar-refractivity contribution in [3.05, 3.63) is 83.4 Å². The second-order valence-electron chi connectivity index (χ2n) is 6.39. The van der Waals surface area contributed by atoms with Gasteiger partial charge in [0.1, 0.15) is 0 Å². The Morgan fingerprint density at radius 2 is 1.79 bits per heavy atom. The van der Waals surface area contributed by atoms with Gasteiger partial charge < -0.3 is 5.32 Å². The number of hydrogen-bond donors (Lipinski definition) is 1. The van der Waals surface area contributed by atoms with Crippen LogP contribution in [0, 0.1) is 0 Å². The van der Waals surface area contributed by atoms with Crippen molar-refractivity contribution in [1.29, 1.82) is 0 Å². The summed E-state index contributed by atoms with van der Waals surface area (Å²) >= 11 is 7.56. The van der Waals surface area contributed by atoms with Crippen LogP contribution >= 0.6 is 23.4 Å². The molecule has 0 fully saturated rings. The topological polar surface area (TPSA) is 66.5 Å². The largest absolute Gasteiger partial charge is 0.322 e. The number of carbonyl (C=O) groups excluding carboxylic acids is 1. The summed E-state index contributed by atoms with van der Waals surface area (Å²) in [5.74, 6) is 0.331. The maximum absolute atomic E-state index is 13.2. The first-order valence-corrected chi connectivity index (χ1v) is 11.7. The van der Waals surface area contributed by atoms with Crippen molar-refractivity contribution in [2.24, 2.45) is 0 Å². The van der Waals surface area contributed by atoms with Gasteiger partial charge in [-0.05, 0) is 48.5 Å². The number of nitrogens with zero attached hydrogens (tertiary/aromatic N) is 1. The number of amides is 1. The normalized spacial score (nSPS) is 13.6. The Labute approximate surface area is 178 Å². The van der Waals surface area contributed by atoms with Gasteiger partial charge in [-0.15, -0.1) is 11.8 Å². The van der Waals surface area contributed by atoms with Gasteiger partial charge in [-0.25, -0.2) is 8.42 Å². The lowest BCUT2D eigenvalue weighted by molar-refractivity contribution is 0.102. The molecule has 0 aliphatic carbocycles. The van der Waals surface area contributed by atoms with E-state index in [1.54, 1.807) is 54.2 Å². The number of sulfonamides is 1. The van der Waals surface area contributed by atoms with Crippen LogP contribution < -0.4 is 9.62 Å². The van der Waals surface area contributed by atoms with E-state index < -0.39 is 10.0 Å². The summed E-state index contributed by atoms with van der Waals surface area (Å²) in [5, 5.41) is 3.18. The third-order valence-electron chi connectivity index (χ3n) is 4.46. The van der Waals surface area contributed by atoms with Crippen LogP contribution in [0.25, 0.3) is 0 Å². The Morgan fingerprint density at radius 1 is 1.00 bits per heavy atom. The van der Waals surface area contributed by atoms with E-state index in [4.69, 9.17) is 11.6 Å². The maximum atomic E-state index is 13.2. The first-order chi connectivity index (χ1) is 13.9. The van der Waals surface area contributed by atoms with E-state index in [0.29, 0.717) is 34.3 Å². The summed E-state index contributed by atoms with van der Waals surface area (Å²) in [4.78, 5) is 13.6. The van der Waals surface area contributed by atoms with E-state index in [9.17, 15) is 13.2 Å². The molecule has 29 heavy (non-hydrogen) atoms. The summed E-state index contributed by atoms with van der Waals surface area (Å²) in [6.45, 7) is 0.316. The Balaban J connectivity index is 1.69. The van der Waals surface area contributed by atoms with Crippen LogP contribution in [0.1, 0.15) is 10.4 Å². The third-order valence-corrected chi connectivity index (χ3v) is 7.54. The molecule has 0 atom stereocenters. The number of carbonyl (C=O) groups is 1. The zero-order valence-electron chi connectivity index (χ0n) is 15.2. The lowest BCUT2D eigenvalue weighted by Gasteiger charge is -2.30. The molecule has 0 spiro atoms. The average molecular weight is 445 g/mol. The van der Waals surface area contributed by atoms with Gasteiger partial charge in [0.25, 0.3) is 15.9 Å². The minimum Gasteiger partial charge on any atom is -0.322 e. The van der Waals surface area contributed by atoms with E-state index in [1.807, 2.05) is 18.2 Å². The number of rotatable bonds is 4. The predicted molar refractivity (Wildman–Crippen MR) is 118 cm³/mol. The number of fused-ring (bicyclic) bond motifs is 1. The molecule has 8 heteroatoms. The molecule has 1 heterocycles. The molecule has 1 aliphatic rings. The average Bonchev–Trinajstić information content (AvgIpc) is 2.73. The van der Waals surface area contributed by atoms with Gasteiger partial charge in [0.05, 0.1) is 10.6 Å². The molecular formula is C21H17ClN2O3S2. The van der Waals surface area contributed by atoms with Gasteiger partial charge in [-0.3, -0.25) is 9.10 Å². The van der Waals surface area contributed by atoms with Crippen molar-refractivity contribution in [3.63, 3.8) is 0 Å². The fourth-order valence-corrected chi connectivity index (χ4v) is 5.99. The van der Waals surface area contributed by atoms with Crippen LogP contribution in [-0.4, -0.2) is 26.6 Å². The Hall–Kier alpha value is -2.48. The highest BCUT2D eigenvalue weighted by Crippen LogP contribution is 2.38. The van der Waals surface area contributed by atoms with Crippen LogP contribution in [0.5, 0.6) is 0 Å². The number of para-hydroxylation sites is 1. The number of anilines is 2. The minimum atomic E-state index is -3.80.